The molecule has 0 saturated carbocycles. The van der Waals surface area contributed by atoms with Gasteiger partial charge in [0, 0.05) is 32.1 Å². The third kappa shape index (κ3) is 4.39. The predicted molar refractivity (Wildman–Crippen MR) is 100 cm³/mol. The minimum atomic E-state index is -0.151. The highest BCUT2D eigenvalue weighted by Gasteiger charge is 2.29. The quantitative estimate of drug-likeness (QED) is 0.837. The van der Waals surface area contributed by atoms with E-state index in [9.17, 15) is 9.59 Å². The van der Waals surface area contributed by atoms with E-state index in [-0.39, 0.29) is 18.0 Å². The van der Waals surface area contributed by atoms with Gasteiger partial charge in [-0.15, -0.1) is 0 Å². The molecule has 136 valence electrons. The highest BCUT2D eigenvalue weighted by atomic mass is 35.5. The molecule has 0 spiro atoms. The maximum Gasteiger partial charge on any atom is 0.322 e. The van der Waals surface area contributed by atoms with Crippen molar-refractivity contribution in [3.05, 3.63) is 28.2 Å². The number of likely N-dealkylation sites (tertiary alicyclic amines) is 2. The lowest BCUT2D eigenvalue weighted by Gasteiger charge is -2.36. The third-order valence-corrected chi connectivity index (χ3v) is 5.80. The largest absolute Gasteiger partial charge is 0.343 e. The number of hydrogen-bond donors (Lipinski definition) is 1. The van der Waals surface area contributed by atoms with Crippen LogP contribution in [0.4, 0.5) is 10.5 Å². The van der Waals surface area contributed by atoms with Gasteiger partial charge in [0.05, 0.1) is 15.7 Å². The van der Waals surface area contributed by atoms with Crippen molar-refractivity contribution in [3.63, 3.8) is 0 Å². The predicted octanol–water partition coefficient (Wildman–Crippen LogP) is 4.39. The van der Waals surface area contributed by atoms with Crippen LogP contribution in [0.2, 0.25) is 10.0 Å². The lowest BCUT2D eigenvalue weighted by Crippen LogP contribution is -2.47. The van der Waals surface area contributed by atoms with E-state index in [4.69, 9.17) is 23.2 Å². The van der Waals surface area contributed by atoms with Gasteiger partial charge in [-0.1, -0.05) is 29.3 Å². The van der Waals surface area contributed by atoms with Crippen molar-refractivity contribution in [1.29, 1.82) is 0 Å². The number of halogens is 2. The van der Waals surface area contributed by atoms with Crippen molar-refractivity contribution < 1.29 is 9.59 Å². The Hall–Kier alpha value is -1.46. The van der Waals surface area contributed by atoms with E-state index in [1.165, 1.54) is 0 Å². The number of benzene rings is 1. The summed E-state index contributed by atoms with van der Waals surface area (Å²) in [6.45, 7) is 2.30. The van der Waals surface area contributed by atoms with E-state index in [1.807, 2.05) is 9.80 Å². The van der Waals surface area contributed by atoms with E-state index >= 15 is 0 Å². The minimum Gasteiger partial charge on any atom is -0.343 e. The van der Waals surface area contributed by atoms with E-state index in [1.54, 1.807) is 18.2 Å². The van der Waals surface area contributed by atoms with E-state index in [2.05, 4.69) is 5.32 Å². The van der Waals surface area contributed by atoms with Crippen LogP contribution in [-0.2, 0) is 4.79 Å². The molecule has 3 amide bonds. The Morgan fingerprint density at radius 2 is 2.04 bits per heavy atom. The van der Waals surface area contributed by atoms with Gasteiger partial charge in [0.25, 0.3) is 0 Å². The Balaban J connectivity index is 1.62. The first-order chi connectivity index (χ1) is 12.1. The second-order valence-corrected chi connectivity index (χ2v) is 7.43. The summed E-state index contributed by atoms with van der Waals surface area (Å²) in [6, 6.07) is 5.20. The normalized spacial score (nSPS) is 20.9. The number of carbonyl (C=O) groups excluding carboxylic acids is 2. The molecule has 7 heteroatoms. The second-order valence-electron chi connectivity index (χ2n) is 6.65. The van der Waals surface area contributed by atoms with Crippen LogP contribution in [0.5, 0.6) is 0 Å². The van der Waals surface area contributed by atoms with E-state index < -0.39 is 0 Å². The second kappa shape index (κ2) is 8.28. The third-order valence-electron chi connectivity index (χ3n) is 4.98. The molecule has 0 radical (unpaired) electrons. The van der Waals surface area contributed by atoms with Gasteiger partial charge < -0.3 is 15.1 Å². The Kier molecular flexibility index (Phi) is 6.07. The molecule has 1 atom stereocenters. The molecule has 0 aromatic heterocycles. The summed E-state index contributed by atoms with van der Waals surface area (Å²) < 4.78 is 0. The smallest absolute Gasteiger partial charge is 0.322 e. The van der Waals surface area contributed by atoms with Gasteiger partial charge in [0.1, 0.15) is 0 Å². The van der Waals surface area contributed by atoms with Crippen molar-refractivity contribution in [2.45, 2.75) is 44.6 Å². The zero-order valence-corrected chi connectivity index (χ0v) is 15.7. The number of carbonyl (C=O) groups is 2. The number of urea groups is 1. The maximum atomic E-state index is 12.7. The Morgan fingerprint density at radius 3 is 2.80 bits per heavy atom. The van der Waals surface area contributed by atoms with E-state index in [0.29, 0.717) is 22.2 Å². The summed E-state index contributed by atoms with van der Waals surface area (Å²) in [5, 5.41) is 3.65. The van der Waals surface area contributed by atoms with Crippen molar-refractivity contribution in [2.24, 2.45) is 0 Å². The zero-order valence-electron chi connectivity index (χ0n) is 14.1. The van der Waals surface area contributed by atoms with Crippen LogP contribution in [0.3, 0.4) is 0 Å². The molecule has 1 N–H and O–H groups in total. The minimum absolute atomic E-state index is 0.151. The number of hydrogen-bond acceptors (Lipinski definition) is 2. The highest BCUT2D eigenvalue weighted by Crippen LogP contribution is 2.30. The monoisotopic (exact) mass is 383 g/mol. The molecule has 25 heavy (non-hydrogen) atoms. The van der Waals surface area contributed by atoms with Crippen molar-refractivity contribution in [3.8, 4) is 0 Å². The van der Waals surface area contributed by atoms with Crippen LogP contribution in [-0.4, -0.2) is 47.4 Å². The van der Waals surface area contributed by atoms with Gasteiger partial charge in [-0.2, -0.15) is 0 Å². The summed E-state index contributed by atoms with van der Waals surface area (Å²) in [5.74, 6) is 0.234. The van der Waals surface area contributed by atoms with Crippen LogP contribution >= 0.6 is 23.2 Å². The van der Waals surface area contributed by atoms with E-state index in [0.717, 1.165) is 51.7 Å². The average molecular weight is 384 g/mol. The first-order valence-electron chi connectivity index (χ1n) is 8.85. The molecule has 3 rings (SSSR count). The molecule has 1 unspecified atom stereocenters. The first kappa shape index (κ1) is 18.3. The average Bonchev–Trinajstić information content (AvgIpc) is 3.02. The highest BCUT2D eigenvalue weighted by molar-refractivity contribution is 6.43. The van der Waals surface area contributed by atoms with Crippen LogP contribution in [0.1, 0.15) is 38.5 Å². The van der Waals surface area contributed by atoms with Gasteiger partial charge in [-0.05, 0) is 44.2 Å². The molecular weight excluding hydrogens is 361 g/mol. The molecule has 2 fully saturated rings. The van der Waals surface area contributed by atoms with Crippen molar-refractivity contribution in [1.82, 2.24) is 9.80 Å². The summed E-state index contributed by atoms with van der Waals surface area (Å²) in [5.41, 5.74) is 0.526. The van der Waals surface area contributed by atoms with Crippen molar-refractivity contribution in [2.75, 3.05) is 25.0 Å². The molecule has 2 aliphatic heterocycles. The fourth-order valence-electron chi connectivity index (χ4n) is 3.60. The van der Waals surface area contributed by atoms with Crippen LogP contribution in [0, 0.1) is 0 Å². The summed E-state index contributed by atoms with van der Waals surface area (Å²) in [6.07, 6.45) is 5.50. The number of nitrogens with zero attached hydrogens (tertiary/aromatic N) is 2. The molecule has 0 bridgehead atoms. The summed E-state index contributed by atoms with van der Waals surface area (Å²) in [4.78, 5) is 28.3. The van der Waals surface area contributed by atoms with Crippen LogP contribution < -0.4 is 5.32 Å². The molecule has 5 nitrogen and oxygen atoms in total. The van der Waals surface area contributed by atoms with Gasteiger partial charge in [-0.3, -0.25) is 4.79 Å². The fourth-order valence-corrected chi connectivity index (χ4v) is 3.95. The van der Waals surface area contributed by atoms with Crippen LogP contribution in [0.15, 0.2) is 18.2 Å². The summed E-state index contributed by atoms with van der Waals surface area (Å²) >= 11 is 12.2. The molecule has 2 saturated heterocycles. The maximum absolute atomic E-state index is 12.7. The number of amides is 3. The fraction of sp³-hybridized carbons (Fsp3) is 0.556. The van der Waals surface area contributed by atoms with Gasteiger partial charge >= 0.3 is 6.03 Å². The zero-order chi connectivity index (χ0) is 17.8. The Labute approximate surface area is 158 Å². The topological polar surface area (TPSA) is 52.7 Å². The molecule has 2 aliphatic rings. The number of nitrogens with one attached hydrogen (secondary N) is 1. The molecule has 1 aromatic carbocycles. The standard InChI is InChI=1S/C18H23Cl2N3O2/c19-14-6-3-7-15(17(14)20)21-18(25)23-11-2-1-5-13(23)9-12-22-10-4-8-16(22)24/h3,6-7,13H,1-2,4-5,8-12H2,(H,21,25). The van der Waals surface area contributed by atoms with Gasteiger partial charge in [0.2, 0.25) is 5.91 Å². The number of anilines is 1. The molecule has 2 heterocycles. The molecule has 0 aliphatic carbocycles. The molecular formula is C18H23Cl2N3O2. The van der Waals surface area contributed by atoms with Crippen LogP contribution in [0.25, 0.3) is 0 Å². The lowest BCUT2D eigenvalue weighted by atomic mass is 9.99. The van der Waals surface area contributed by atoms with Gasteiger partial charge in [-0.25, -0.2) is 4.79 Å². The SMILES string of the molecule is O=C1CCCN1CCC1CCCCN1C(=O)Nc1cccc(Cl)c1Cl. The summed E-state index contributed by atoms with van der Waals surface area (Å²) in [7, 11) is 0. The Morgan fingerprint density at radius 1 is 1.20 bits per heavy atom. The molecule has 1 aromatic rings. The first-order valence-corrected chi connectivity index (χ1v) is 9.61. The van der Waals surface area contributed by atoms with Gasteiger partial charge in [0.15, 0.2) is 0 Å². The van der Waals surface area contributed by atoms with Crippen molar-refractivity contribution >= 4 is 40.8 Å². The Bertz CT molecular complexity index is 653. The number of rotatable bonds is 4. The lowest BCUT2D eigenvalue weighted by molar-refractivity contribution is -0.127. The number of piperidine rings is 1.